The number of hydrogen-bond acceptors (Lipinski definition) is 3. The molecule has 25 heavy (non-hydrogen) atoms. The molecule has 0 bridgehead atoms. The molecular formula is C21H27N3O. The highest BCUT2D eigenvalue weighted by Crippen LogP contribution is 2.27. The first kappa shape index (κ1) is 17.5. The number of amides is 1. The molecule has 0 radical (unpaired) electrons. The maximum absolute atomic E-state index is 12.6. The van der Waals surface area contributed by atoms with Crippen molar-refractivity contribution in [2.45, 2.75) is 20.3 Å². The summed E-state index contributed by atoms with van der Waals surface area (Å²) in [5, 5.41) is 3.09. The van der Waals surface area contributed by atoms with Crippen molar-refractivity contribution in [3.63, 3.8) is 0 Å². The third kappa shape index (κ3) is 4.20. The van der Waals surface area contributed by atoms with Crippen LogP contribution in [0.25, 0.3) is 0 Å². The van der Waals surface area contributed by atoms with Gasteiger partial charge in [0.1, 0.15) is 0 Å². The van der Waals surface area contributed by atoms with Crippen LogP contribution >= 0.6 is 0 Å². The van der Waals surface area contributed by atoms with Gasteiger partial charge in [-0.05, 0) is 42.8 Å². The molecule has 132 valence electrons. The first-order valence-corrected chi connectivity index (χ1v) is 9.18. The summed E-state index contributed by atoms with van der Waals surface area (Å²) in [7, 11) is 0. The Bertz CT molecular complexity index is 703. The van der Waals surface area contributed by atoms with Crippen molar-refractivity contribution in [2.75, 3.05) is 42.9 Å². The van der Waals surface area contributed by atoms with Crippen LogP contribution in [0.3, 0.4) is 0 Å². The topological polar surface area (TPSA) is 35.6 Å². The molecule has 1 saturated heterocycles. The fourth-order valence-corrected chi connectivity index (χ4v) is 3.25. The summed E-state index contributed by atoms with van der Waals surface area (Å²) >= 11 is 0. The first-order valence-electron chi connectivity index (χ1n) is 9.18. The van der Waals surface area contributed by atoms with E-state index in [4.69, 9.17) is 0 Å². The van der Waals surface area contributed by atoms with Crippen molar-refractivity contribution in [3.8, 4) is 0 Å². The summed E-state index contributed by atoms with van der Waals surface area (Å²) in [6.45, 7) is 9.53. The van der Waals surface area contributed by atoms with E-state index < -0.39 is 0 Å². The largest absolute Gasteiger partial charge is 0.367 e. The lowest BCUT2D eigenvalue weighted by molar-refractivity contribution is 0.102. The number of carbonyl (C=O) groups is 1. The maximum Gasteiger partial charge on any atom is 0.255 e. The molecule has 3 rings (SSSR count). The lowest BCUT2D eigenvalue weighted by Gasteiger charge is -2.36. The van der Waals surface area contributed by atoms with E-state index in [1.54, 1.807) is 0 Å². The molecule has 1 fully saturated rings. The van der Waals surface area contributed by atoms with E-state index in [1.807, 2.05) is 42.5 Å². The molecule has 4 nitrogen and oxygen atoms in total. The molecule has 0 atom stereocenters. The number of carbonyl (C=O) groups excluding carboxylic acids is 1. The SMILES string of the molecule is CCc1ccc(C(=O)Nc2ccccc2N2CCN(CC)CC2)cc1. The standard InChI is InChI=1S/C21H27N3O/c1-3-17-9-11-18(12-10-17)21(25)22-19-7-5-6-8-20(19)24-15-13-23(4-2)14-16-24/h5-12H,3-4,13-16H2,1-2H3,(H,22,25). The summed E-state index contributed by atoms with van der Waals surface area (Å²) in [6, 6.07) is 15.9. The second kappa shape index (κ2) is 8.17. The van der Waals surface area contributed by atoms with E-state index in [0.29, 0.717) is 5.56 Å². The lowest BCUT2D eigenvalue weighted by Crippen LogP contribution is -2.46. The molecule has 1 amide bonds. The van der Waals surface area contributed by atoms with Crippen molar-refractivity contribution >= 4 is 17.3 Å². The highest BCUT2D eigenvalue weighted by Gasteiger charge is 2.19. The summed E-state index contributed by atoms with van der Waals surface area (Å²) in [5.74, 6) is -0.0534. The Morgan fingerprint density at radius 3 is 2.28 bits per heavy atom. The van der Waals surface area contributed by atoms with Gasteiger partial charge in [0, 0.05) is 31.7 Å². The summed E-state index contributed by atoms with van der Waals surface area (Å²) in [4.78, 5) is 17.4. The number of benzene rings is 2. The zero-order valence-electron chi connectivity index (χ0n) is 15.2. The van der Waals surface area contributed by atoms with E-state index in [-0.39, 0.29) is 5.91 Å². The molecule has 0 saturated carbocycles. The Kier molecular flexibility index (Phi) is 5.71. The predicted molar refractivity (Wildman–Crippen MR) is 105 cm³/mol. The Labute approximate surface area is 150 Å². The number of nitrogens with one attached hydrogen (secondary N) is 1. The zero-order chi connectivity index (χ0) is 17.6. The number of aryl methyl sites for hydroxylation is 1. The van der Waals surface area contributed by atoms with Crippen LogP contribution in [0.4, 0.5) is 11.4 Å². The Balaban J connectivity index is 1.73. The minimum Gasteiger partial charge on any atom is -0.367 e. The second-order valence-corrected chi connectivity index (χ2v) is 6.44. The molecule has 0 aliphatic carbocycles. The number of rotatable bonds is 5. The van der Waals surface area contributed by atoms with E-state index in [0.717, 1.165) is 50.5 Å². The molecule has 1 N–H and O–H groups in total. The van der Waals surface area contributed by atoms with Crippen LogP contribution in [0.1, 0.15) is 29.8 Å². The number of hydrogen-bond donors (Lipinski definition) is 1. The predicted octanol–water partition coefficient (Wildman–Crippen LogP) is 3.64. The van der Waals surface area contributed by atoms with Crippen LogP contribution in [0.2, 0.25) is 0 Å². The second-order valence-electron chi connectivity index (χ2n) is 6.44. The van der Waals surface area contributed by atoms with Gasteiger partial charge >= 0.3 is 0 Å². The van der Waals surface area contributed by atoms with Crippen molar-refractivity contribution < 1.29 is 4.79 Å². The van der Waals surface area contributed by atoms with Gasteiger partial charge in [0.25, 0.3) is 5.91 Å². The maximum atomic E-state index is 12.6. The smallest absolute Gasteiger partial charge is 0.255 e. The fraction of sp³-hybridized carbons (Fsp3) is 0.381. The Morgan fingerprint density at radius 2 is 1.64 bits per heavy atom. The Morgan fingerprint density at radius 1 is 0.960 bits per heavy atom. The van der Waals surface area contributed by atoms with Gasteiger partial charge in [-0.15, -0.1) is 0 Å². The monoisotopic (exact) mass is 337 g/mol. The summed E-state index contributed by atoms with van der Waals surface area (Å²) < 4.78 is 0. The molecule has 0 unspecified atom stereocenters. The van der Waals surface area contributed by atoms with Crippen molar-refractivity contribution in [3.05, 3.63) is 59.7 Å². The number of likely N-dealkylation sites (N-methyl/N-ethyl adjacent to an activating group) is 1. The van der Waals surface area contributed by atoms with Crippen molar-refractivity contribution in [1.29, 1.82) is 0 Å². The minimum absolute atomic E-state index is 0.0534. The van der Waals surface area contributed by atoms with Crippen LogP contribution < -0.4 is 10.2 Å². The number of anilines is 2. The molecule has 1 heterocycles. The zero-order valence-corrected chi connectivity index (χ0v) is 15.2. The van der Waals surface area contributed by atoms with Gasteiger partial charge in [0.15, 0.2) is 0 Å². The van der Waals surface area contributed by atoms with E-state index in [1.165, 1.54) is 5.56 Å². The first-order chi connectivity index (χ1) is 12.2. The van der Waals surface area contributed by atoms with Gasteiger partial charge in [-0.1, -0.05) is 38.1 Å². The van der Waals surface area contributed by atoms with Gasteiger partial charge in [-0.25, -0.2) is 0 Å². The molecule has 1 aliphatic rings. The summed E-state index contributed by atoms with van der Waals surface area (Å²) in [5.41, 5.74) is 3.93. The molecule has 0 aromatic heterocycles. The van der Waals surface area contributed by atoms with Crippen molar-refractivity contribution in [1.82, 2.24) is 4.90 Å². The highest BCUT2D eigenvalue weighted by atomic mass is 16.1. The Hall–Kier alpha value is -2.33. The van der Waals surface area contributed by atoms with Crippen LogP contribution in [-0.2, 0) is 6.42 Å². The van der Waals surface area contributed by atoms with Gasteiger partial charge < -0.3 is 15.1 Å². The lowest BCUT2D eigenvalue weighted by atomic mass is 10.1. The fourth-order valence-electron chi connectivity index (χ4n) is 3.25. The summed E-state index contributed by atoms with van der Waals surface area (Å²) in [6.07, 6.45) is 0.981. The van der Waals surface area contributed by atoms with Gasteiger partial charge in [-0.2, -0.15) is 0 Å². The molecule has 0 spiro atoms. The van der Waals surface area contributed by atoms with Crippen LogP contribution in [0.5, 0.6) is 0 Å². The quantitative estimate of drug-likeness (QED) is 0.905. The molecular weight excluding hydrogens is 310 g/mol. The van der Waals surface area contributed by atoms with Crippen LogP contribution in [0, 0.1) is 0 Å². The molecule has 2 aromatic carbocycles. The molecule has 1 aliphatic heterocycles. The third-order valence-electron chi connectivity index (χ3n) is 4.94. The minimum atomic E-state index is -0.0534. The number of piperazine rings is 1. The van der Waals surface area contributed by atoms with E-state index >= 15 is 0 Å². The number of para-hydroxylation sites is 2. The average Bonchev–Trinajstić information content (AvgIpc) is 2.68. The highest BCUT2D eigenvalue weighted by molar-refractivity contribution is 6.06. The van der Waals surface area contributed by atoms with Crippen LogP contribution in [0.15, 0.2) is 48.5 Å². The van der Waals surface area contributed by atoms with Gasteiger partial charge in [-0.3, -0.25) is 4.79 Å². The number of nitrogens with zero attached hydrogens (tertiary/aromatic N) is 2. The van der Waals surface area contributed by atoms with Crippen LogP contribution in [-0.4, -0.2) is 43.5 Å². The molecule has 4 heteroatoms. The van der Waals surface area contributed by atoms with Crippen molar-refractivity contribution in [2.24, 2.45) is 0 Å². The molecule has 2 aromatic rings. The normalized spacial score (nSPS) is 15.2. The average molecular weight is 337 g/mol. The van der Waals surface area contributed by atoms with E-state index in [9.17, 15) is 4.79 Å². The third-order valence-corrected chi connectivity index (χ3v) is 4.94. The van der Waals surface area contributed by atoms with Gasteiger partial charge in [0.05, 0.1) is 11.4 Å². The van der Waals surface area contributed by atoms with Gasteiger partial charge in [0.2, 0.25) is 0 Å². The van der Waals surface area contributed by atoms with E-state index in [2.05, 4.69) is 35.0 Å².